The molecule has 1 amide bonds. The zero-order valence-electron chi connectivity index (χ0n) is 15.1. The molecule has 138 valence electrons. The monoisotopic (exact) mass is 359 g/mol. The van der Waals surface area contributed by atoms with E-state index >= 15 is 0 Å². The number of carbonyl (C=O) groups excluding carboxylic acids is 2. The first kappa shape index (κ1) is 18.1. The van der Waals surface area contributed by atoms with Crippen molar-refractivity contribution in [1.82, 2.24) is 14.7 Å². The number of ether oxygens (including phenoxy) is 1. The van der Waals surface area contributed by atoms with E-state index in [1.807, 2.05) is 0 Å². The minimum absolute atomic E-state index is 0.239. The Kier molecular flexibility index (Phi) is 5.06. The van der Waals surface area contributed by atoms with E-state index in [1.54, 1.807) is 54.9 Å². The number of hydrogen-bond donors (Lipinski definition) is 0. The molecule has 7 heteroatoms. The van der Waals surface area contributed by atoms with Crippen LogP contribution < -0.4 is 0 Å². The molecular formula is C19H22FN3O3. The van der Waals surface area contributed by atoms with Crippen molar-refractivity contribution in [1.29, 1.82) is 0 Å². The first-order chi connectivity index (χ1) is 12.4. The van der Waals surface area contributed by atoms with Crippen LogP contribution in [-0.4, -0.2) is 39.2 Å². The number of rotatable bonds is 4. The molecule has 0 aliphatic carbocycles. The van der Waals surface area contributed by atoms with Crippen molar-refractivity contribution in [3.05, 3.63) is 53.6 Å². The molecule has 26 heavy (non-hydrogen) atoms. The highest BCUT2D eigenvalue weighted by molar-refractivity contribution is 5.93. The molecule has 2 aromatic rings. The molecule has 0 radical (unpaired) electrons. The molecule has 2 atom stereocenters. The third-order valence-electron chi connectivity index (χ3n) is 4.46. The van der Waals surface area contributed by atoms with Crippen molar-refractivity contribution >= 4 is 11.9 Å². The van der Waals surface area contributed by atoms with E-state index < -0.39 is 12.0 Å². The highest BCUT2D eigenvalue weighted by atomic mass is 19.1. The summed E-state index contributed by atoms with van der Waals surface area (Å²) in [6.07, 6.45) is 1.95. The zero-order chi connectivity index (χ0) is 18.8. The minimum atomic E-state index is -0.503. The van der Waals surface area contributed by atoms with Crippen molar-refractivity contribution in [2.45, 2.75) is 32.4 Å². The predicted molar refractivity (Wildman–Crippen MR) is 92.7 cm³/mol. The second kappa shape index (κ2) is 7.27. The predicted octanol–water partition coefficient (Wildman–Crippen LogP) is 2.71. The molecule has 6 nitrogen and oxygen atoms in total. The molecule has 1 saturated heterocycles. The van der Waals surface area contributed by atoms with Crippen LogP contribution in [0.15, 0.2) is 36.5 Å². The topological polar surface area (TPSA) is 64.4 Å². The van der Waals surface area contributed by atoms with E-state index in [-0.39, 0.29) is 23.8 Å². The van der Waals surface area contributed by atoms with E-state index in [0.29, 0.717) is 24.2 Å². The maximum atomic E-state index is 13.3. The molecule has 1 fully saturated rings. The fourth-order valence-electron chi connectivity index (χ4n) is 3.34. The van der Waals surface area contributed by atoms with Gasteiger partial charge in [-0.3, -0.25) is 14.3 Å². The van der Waals surface area contributed by atoms with Crippen LogP contribution in [0.1, 0.15) is 42.4 Å². The molecule has 1 aliphatic rings. The second-order valence-corrected chi connectivity index (χ2v) is 6.75. The number of halogens is 1. The molecule has 3 rings (SSSR count). The van der Waals surface area contributed by atoms with Crippen LogP contribution in [-0.2, 0) is 16.6 Å². The zero-order valence-corrected chi connectivity index (χ0v) is 15.1. The van der Waals surface area contributed by atoms with Gasteiger partial charge in [0.05, 0.1) is 18.1 Å². The quantitative estimate of drug-likeness (QED) is 0.788. The van der Waals surface area contributed by atoms with Gasteiger partial charge >= 0.3 is 5.97 Å². The molecular weight excluding hydrogens is 337 g/mol. The Bertz CT molecular complexity index is 801. The largest absolute Gasteiger partial charge is 0.463 e. The van der Waals surface area contributed by atoms with Gasteiger partial charge in [-0.15, -0.1) is 0 Å². The summed E-state index contributed by atoms with van der Waals surface area (Å²) in [4.78, 5) is 27.1. The van der Waals surface area contributed by atoms with Crippen LogP contribution in [0.3, 0.4) is 0 Å². The molecule has 0 saturated carbocycles. The number of nitrogens with zero attached hydrogens (tertiary/aromatic N) is 3. The van der Waals surface area contributed by atoms with Gasteiger partial charge in [0.25, 0.3) is 5.91 Å². The van der Waals surface area contributed by atoms with Crippen molar-refractivity contribution in [3.8, 4) is 0 Å². The Balaban J connectivity index is 1.94. The number of amides is 1. The van der Waals surface area contributed by atoms with E-state index in [0.717, 1.165) is 0 Å². The third-order valence-corrected chi connectivity index (χ3v) is 4.46. The summed E-state index contributed by atoms with van der Waals surface area (Å²) in [5.74, 6) is -1.45. The van der Waals surface area contributed by atoms with Gasteiger partial charge in [0.1, 0.15) is 11.5 Å². The third kappa shape index (κ3) is 3.61. The summed E-state index contributed by atoms with van der Waals surface area (Å²) in [6.45, 7) is 3.99. The number of carbonyl (C=O) groups is 2. The number of aromatic nitrogens is 2. The van der Waals surface area contributed by atoms with Crippen LogP contribution >= 0.6 is 0 Å². The van der Waals surface area contributed by atoms with Crippen LogP contribution in [0.2, 0.25) is 0 Å². The molecule has 0 N–H and O–H groups in total. The summed E-state index contributed by atoms with van der Waals surface area (Å²) in [5.41, 5.74) is 1.02. The van der Waals surface area contributed by atoms with Gasteiger partial charge < -0.3 is 9.64 Å². The number of hydrogen-bond acceptors (Lipinski definition) is 4. The second-order valence-electron chi connectivity index (χ2n) is 6.75. The molecule has 0 spiro atoms. The van der Waals surface area contributed by atoms with Crippen molar-refractivity contribution in [2.75, 3.05) is 6.54 Å². The maximum Gasteiger partial charge on any atom is 0.311 e. The fraction of sp³-hybridized carbons (Fsp3) is 0.421. The number of likely N-dealkylation sites (tertiary alicyclic amines) is 1. The molecule has 1 aromatic carbocycles. The number of aryl methyl sites for hydroxylation is 1. The lowest BCUT2D eigenvalue weighted by molar-refractivity contribution is -0.153. The van der Waals surface area contributed by atoms with Crippen molar-refractivity contribution in [3.63, 3.8) is 0 Å². The van der Waals surface area contributed by atoms with Gasteiger partial charge in [0.15, 0.2) is 0 Å². The van der Waals surface area contributed by atoms with Gasteiger partial charge in [-0.1, -0.05) is 12.1 Å². The first-order valence-electron chi connectivity index (χ1n) is 8.63. The lowest BCUT2D eigenvalue weighted by Crippen LogP contribution is -2.34. The Morgan fingerprint density at radius 1 is 1.23 bits per heavy atom. The van der Waals surface area contributed by atoms with Gasteiger partial charge in [0, 0.05) is 19.8 Å². The van der Waals surface area contributed by atoms with Crippen molar-refractivity contribution in [2.24, 2.45) is 13.0 Å². The number of esters is 1. The Hall–Kier alpha value is -2.70. The molecule has 2 heterocycles. The van der Waals surface area contributed by atoms with Gasteiger partial charge in [-0.05, 0) is 44.0 Å². The highest BCUT2D eigenvalue weighted by Gasteiger charge is 2.43. The maximum absolute atomic E-state index is 13.3. The first-order valence-corrected chi connectivity index (χ1v) is 8.63. The molecule has 0 unspecified atom stereocenters. The minimum Gasteiger partial charge on any atom is -0.463 e. The lowest BCUT2D eigenvalue weighted by Gasteiger charge is -2.28. The normalized spacial score (nSPS) is 19.8. The van der Waals surface area contributed by atoms with Crippen LogP contribution in [0.5, 0.6) is 0 Å². The standard InChI is InChI=1S/C19H22FN3O3/c1-12(2)26-19(25)15-8-11-23(18(24)16-9-10-22(3)21-16)17(15)13-4-6-14(20)7-5-13/h4-7,9-10,12,15,17H,8,11H2,1-3H3/t15-,17-/m1/s1. The molecule has 1 aliphatic heterocycles. The smallest absolute Gasteiger partial charge is 0.311 e. The SMILES string of the molecule is CC(C)OC(=O)[C@@H]1CCN(C(=O)c2ccn(C)n2)[C@@H]1c1ccc(F)cc1. The van der Waals surface area contributed by atoms with Crippen molar-refractivity contribution < 1.29 is 18.7 Å². The summed E-state index contributed by atoms with van der Waals surface area (Å²) in [6, 6.07) is 7.03. The van der Waals surface area contributed by atoms with E-state index in [4.69, 9.17) is 4.74 Å². The van der Waals surface area contributed by atoms with Gasteiger partial charge in [-0.2, -0.15) is 5.10 Å². The van der Waals surface area contributed by atoms with Crippen LogP contribution in [0.25, 0.3) is 0 Å². The summed E-state index contributed by atoms with van der Waals surface area (Å²) < 4.78 is 20.3. The Morgan fingerprint density at radius 3 is 2.50 bits per heavy atom. The highest BCUT2D eigenvalue weighted by Crippen LogP contribution is 2.39. The van der Waals surface area contributed by atoms with E-state index in [9.17, 15) is 14.0 Å². The Morgan fingerprint density at radius 2 is 1.92 bits per heavy atom. The van der Waals surface area contributed by atoms with Crippen LogP contribution in [0, 0.1) is 11.7 Å². The van der Waals surface area contributed by atoms with Crippen LogP contribution in [0.4, 0.5) is 4.39 Å². The van der Waals surface area contributed by atoms with Gasteiger partial charge in [0.2, 0.25) is 0 Å². The Labute approximate surface area is 151 Å². The summed E-state index contributed by atoms with van der Waals surface area (Å²) in [7, 11) is 1.74. The molecule has 1 aromatic heterocycles. The fourth-order valence-corrected chi connectivity index (χ4v) is 3.34. The lowest BCUT2D eigenvalue weighted by atomic mass is 9.93. The van der Waals surface area contributed by atoms with E-state index in [2.05, 4.69) is 5.10 Å². The number of benzene rings is 1. The average Bonchev–Trinajstić information content (AvgIpc) is 3.21. The van der Waals surface area contributed by atoms with Gasteiger partial charge in [-0.25, -0.2) is 4.39 Å². The van der Waals surface area contributed by atoms with E-state index in [1.165, 1.54) is 12.1 Å². The summed E-state index contributed by atoms with van der Waals surface area (Å²) in [5, 5.41) is 4.16. The summed E-state index contributed by atoms with van der Waals surface area (Å²) >= 11 is 0. The molecule has 0 bridgehead atoms. The average molecular weight is 359 g/mol.